The number of nitrogens with zero attached hydrogens (tertiary/aromatic N) is 1. The van der Waals surface area contributed by atoms with E-state index in [4.69, 9.17) is 10.5 Å². The van der Waals surface area contributed by atoms with Crippen molar-refractivity contribution >= 4 is 5.57 Å². The van der Waals surface area contributed by atoms with E-state index in [1.54, 1.807) is 13.3 Å². The van der Waals surface area contributed by atoms with Crippen LogP contribution in [0.25, 0.3) is 5.57 Å². The van der Waals surface area contributed by atoms with Gasteiger partial charge in [-0.15, -0.1) is 0 Å². The van der Waals surface area contributed by atoms with Crippen LogP contribution in [0.15, 0.2) is 24.9 Å². The molecule has 0 bridgehead atoms. The third kappa shape index (κ3) is 1.83. The van der Waals surface area contributed by atoms with Gasteiger partial charge in [-0.05, 0) is 17.7 Å². The molecule has 0 saturated heterocycles. The highest BCUT2D eigenvalue weighted by Gasteiger charge is 1.97. The Morgan fingerprint density at radius 3 is 2.83 bits per heavy atom. The first-order valence-corrected chi connectivity index (χ1v) is 3.66. The molecule has 0 amide bonds. The quantitative estimate of drug-likeness (QED) is 0.726. The van der Waals surface area contributed by atoms with Gasteiger partial charge in [-0.2, -0.15) is 0 Å². The fourth-order valence-corrected chi connectivity index (χ4v) is 0.815. The molecule has 0 aromatic carbocycles. The van der Waals surface area contributed by atoms with Gasteiger partial charge in [-0.25, -0.2) is 0 Å². The summed E-state index contributed by atoms with van der Waals surface area (Å²) in [7, 11) is 1.61. The highest BCUT2D eigenvalue weighted by atomic mass is 16.5. The lowest BCUT2D eigenvalue weighted by molar-refractivity contribution is 0.413. The second-order valence-corrected chi connectivity index (χ2v) is 2.39. The van der Waals surface area contributed by atoms with Crippen molar-refractivity contribution < 1.29 is 4.74 Å². The maximum Gasteiger partial charge on any atom is 0.137 e. The molecule has 0 radical (unpaired) electrons. The highest BCUT2D eigenvalue weighted by molar-refractivity contribution is 5.61. The molecule has 0 fully saturated rings. The molecule has 1 aromatic heterocycles. The summed E-state index contributed by atoms with van der Waals surface area (Å²) >= 11 is 0. The summed E-state index contributed by atoms with van der Waals surface area (Å²) < 4.78 is 4.96. The van der Waals surface area contributed by atoms with Crippen LogP contribution in [0.5, 0.6) is 5.75 Å². The molecule has 64 valence electrons. The normalized spacial score (nSPS) is 9.50. The predicted molar refractivity (Wildman–Crippen MR) is 48.9 cm³/mol. The Balaban J connectivity index is 2.84. The van der Waals surface area contributed by atoms with Crippen molar-refractivity contribution in [3.8, 4) is 5.75 Å². The molecule has 1 heterocycles. The zero-order valence-electron chi connectivity index (χ0n) is 7.08. The summed E-state index contributed by atoms with van der Waals surface area (Å²) in [6.45, 7) is 4.20. The van der Waals surface area contributed by atoms with Crippen molar-refractivity contribution in [2.24, 2.45) is 5.73 Å². The van der Waals surface area contributed by atoms with E-state index in [1.165, 1.54) is 0 Å². The molecule has 1 aromatic rings. The zero-order valence-corrected chi connectivity index (χ0v) is 7.08. The van der Waals surface area contributed by atoms with Crippen LogP contribution in [0.3, 0.4) is 0 Å². The minimum Gasteiger partial charge on any atom is -0.495 e. The standard InChI is InChI=1S/C9H12N2O/c1-7(5-10)9-4-3-8(12-2)6-11-9/h3-4,6H,1,5,10H2,2H3. The zero-order chi connectivity index (χ0) is 8.97. The van der Waals surface area contributed by atoms with Gasteiger partial charge >= 0.3 is 0 Å². The van der Waals surface area contributed by atoms with Gasteiger partial charge in [0.15, 0.2) is 0 Å². The first kappa shape index (κ1) is 8.74. The van der Waals surface area contributed by atoms with Gasteiger partial charge in [0.1, 0.15) is 5.75 Å². The summed E-state index contributed by atoms with van der Waals surface area (Å²) in [5, 5.41) is 0. The highest BCUT2D eigenvalue weighted by Crippen LogP contribution is 2.12. The molecule has 0 aliphatic carbocycles. The predicted octanol–water partition coefficient (Wildman–Crippen LogP) is 1.06. The van der Waals surface area contributed by atoms with Gasteiger partial charge in [0, 0.05) is 6.54 Å². The van der Waals surface area contributed by atoms with Crippen LogP contribution in [0, 0.1) is 0 Å². The topological polar surface area (TPSA) is 48.1 Å². The lowest BCUT2D eigenvalue weighted by atomic mass is 10.2. The van der Waals surface area contributed by atoms with Crippen LogP contribution in [-0.4, -0.2) is 18.6 Å². The third-order valence-electron chi connectivity index (χ3n) is 1.58. The summed E-state index contributed by atoms with van der Waals surface area (Å²) in [5.74, 6) is 0.739. The minimum absolute atomic E-state index is 0.430. The number of hydrogen-bond donors (Lipinski definition) is 1. The molecule has 3 heteroatoms. The molecule has 0 aliphatic heterocycles. The number of rotatable bonds is 3. The van der Waals surface area contributed by atoms with Crippen molar-refractivity contribution in [2.45, 2.75) is 0 Å². The summed E-state index contributed by atoms with van der Waals surface area (Å²) in [6.07, 6.45) is 1.65. The second-order valence-electron chi connectivity index (χ2n) is 2.39. The van der Waals surface area contributed by atoms with E-state index in [9.17, 15) is 0 Å². The molecular formula is C9H12N2O. The smallest absolute Gasteiger partial charge is 0.137 e. The molecular weight excluding hydrogens is 152 g/mol. The van der Waals surface area contributed by atoms with Gasteiger partial charge in [-0.3, -0.25) is 4.98 Å². The van der Waals surface area contributed by atoms with Crippen LogP contribution >= 0.6 is 0 Å². The van der Waals surface area contributed by atoms with Crippen LogP contribution in [-0.2, 0) is 0 Å². The molecule has 2 N–H and O–H groups in total. The Labute approximate surface area is 71.9 Å². The van der Waals surface area contributed by atoms with E-state index in [2.05, 4.69) is 11.6 Å². The van der Waals surface area contributed by atoms with Gasteiger partial charge in [-0.1, -0.05) is 6.58 Å². The Kier molecular flexibility index (Phi) is 2.82. The van der Waals surface area contributed by atoms with Crippen molar-refractivity contribution in [3.05, 3.63) is 30.6 Å². The molecule has 1 rings (SSSR count). The fourth-order valence-electron chi connectivity index (χ4n) is 0.815. The summed E-state index contributed by atoms with van der Waals surface area (Å²) in [6, 6.07) is 3.68. The number of aromatic nitrogens is 1. The summed E-state index contributed by atoms with van der Waals surface area (Å²) in [5.41, 5.74) is 7.05. The van der Waals surface area contributed by atoms with Crippen molar-refractivity contribution in [1.29, 1.82) is 0 Å². The Morgan fingerprint density at radius 1 is 1.67 bits per heavy atom. The van der Waals surface area contributed by atoms with E-state index in [-0.39, 0.29) is 0 Å². The lowest BCUT2D eigenvalue weighted by Crippen LogP contribution is -2.02. The molecule has 12 heavy (non-hydrogen) atoms. The van der Waals surface area contributed by atoms with Crippen LogP contribution in [0.4, 0.5) is 0 Å². The van der Waals surface area contributed by atoms with Gasteiger partial charge in [0.2, 0.25) is 0 Å². The monoisotopic (exact) mass is 164 g/mol. The maximum absolute atomic E-state index is 5.40. The van der Waals surface area contributed by atoms with Crippen molar-refractivity contribution in [1.82, 2.24) is 4.98 Å². The number of ether oxygens (including phenoxy) is 1. The third-order valence-corrected chi connectivity index (χ3v) is 1.58. The van der Waals surface area contributed by atoms with Gasteiger partial charge in [0.05, 0.1) is 19.0 Å². The average Bonchev–Trinajstić information content (AvgIpc) is 2.17. The van der Waals surface area contributed by atoms with E-state index < -0.39 is 0 Å². The van der Waals surface area contributed by atoms with Crippen LogP contribution < -0.4 is 10.5 Å². The first-order valence-electron chi connectivity index (χ1n) is 3.66. The lowest BCUT2D eigenvalue weighted by Gasteiger charge is -2.02. The molecule has 0 spiro atoms. The molecule has 0 unspecified atom stereocenters. The minimum atomic E-state index is 0.430. The first-order chi connectivity index (χ1) is 5.77. The molecule has 0 atom stereocenters. The van der Waals surface area contributed by atoms with Crippen LogP contribution in [0.2, 0.25) is 0 Å². The van der Waals surface area contributed by atoms with Crippen molar-refractivity contribution in [3.63, 3.8) is 0 Å². The molecule has 0 aliphatic rings. The Bertz CT molecular complexity index is 266. The number of methoxy groups -OCH3 is 1. The largest absolute Gasteiger partial charge is 0.495 e. The fraction of sp³-hybridized carbons (Fsp3) is 0.222. The second kappa shape index (κ2) is 3.88. The average molecular weight is 164 g/mol. The Morgan fingerprint density at radius 2 is 2.42 bits per heavy atom. The van der Waals surface area contributed by atoms with E-state index in [1.807, 2.05) is 12.1 Å². The van der Waals surface area contributed by atoms with Gasteiger partial charge in [0.25, 0.3) is 0 Å². The van der Waals surface area contributed by atoms with E-state index in [0.29, 0.717) is 6.54 Å². The van der Waals surface area contributed by atoms with E-state index in [0.717, 1.165) is 17.0 Å². The molecule has 0 saturated carbocycles. The number of hydrogen-bond acceptors (Lipinski definition) is 3. The summed E-state index contributed by atoms with van der Waals surface area (Å²) in [4.78, 5) is 4.12. The Hall–Kier alpha value is -1.35. The van der Waals surface area contributed by atoms with Crippen LogP contribution in [0.1, 0.15) is 5.69 Å². The molecule has 3 nitrogen and oxygen atoms in total. The number of nitrogens with two attached hydrogens (primary N) is 1. The number of pyridine rings is 1. The maximum atomic E-state index is 5.40. The van der Waals surface area contributed by atoms with E-state index >= 15 is 0 Å². The van der Waals surface area contributed by atoms with Crippen molar-refractivity contribution in [2.75, 3.05) is 13.7 Å². The van der Waals surface area contributed by atoms with Gasteiger partial charge < -0.3 is 10.5 Å². The SMILES string of the molecule is C=C(CN)c1ccc(OC)cn1.